The van der Waals surface area contributed by atoms with Gasteiger partial charge in [0.05, 0.1) is 0 Å². The predicted molar refractivity (Wildman–Crippen MR) is 78.2 cm³/mol. The average molecular weight is 264 g/mol. The van der Waals surface area contributed by atoms with Gasteiger partial charge in [-0.3, -0.25) is 4.90 Å². The predicted octanol–water partition coefficient (Wildman–Crippen LogP) is 2.64. The van der Waals surface area contributed by atoms with Crippen molar-refractivity contribution in [3.63, 3.8) is 0 Å². The molecule has 0 aromatic heterocycles. The van der Waals surface area contributed by atoms with Crippen molar-refractivity contribution in [1.82, 2.24) is 10.2 Å². The summed E-state index contributed by atoms with van der Waals surface area (Å²) in [7, 11) is 0. The van der Waals surface area contributed by atoms with E-state index in [1.165, 1.54) is 5.56 Å². The van der Waals surface area contributed by atoms with Gasteiger partial charge >= 0.3 is 0 Å². The van der Waals surface area contributed by atoms with Crippen LogP contribution in [0.2, 0.25) is 0 Å². The number of hydrogen-bond acceptors (Lipinski definition) is 2. The lowest BCUT2D eigenvalue weighted by Gasteiger charge is -2.46. The number of benzene rings is 1. The van der Waals surface area contributed by atoms with E-state index in [1.54, 1.807) is 0 Å². The molecule has 2 unspecified atom stereocenters. The molecule has 0 saturated carbocycles. The SMILES string of the molecule is CCC1(C)CN(CCF)C(Cc2ccccc2)CN1. The van der Waals surface area contributed by atoms with Gasteiger partial charge in [0, 0.05) is 31.2 Å². The Morgan fingerprint density at radius 2 is 2.11 bits per heavy atom. The molecule has 1 fully saturated rings. The smallest absolute Gasteiger partial charge is 0.102 e. The summed E-state index contributed by atoms with van der Waals surface area (Å²) in [5.74, 6) is 0. The molecular weight excluding hydrogens is 239 g/mol. The van der Waals surface area contributed by atoms with Crippen LogP contribution in [0.25, 0.3) is 0 Å². The summed E-state index contributed by atoms with van der Waals surface area (Å²) in [6.07, 6.45) is 2.07. The second-order valence-corrected chi connectivity index (χ2v) is 5.80. The molecule has 1 saturated heterocycles. The minimum absolute atomic E-state index is 0.127. The lowest BCUT2D eigenvalue weighted by atomic mass is 9.91. The van der Waals surface area contributed by atoms with Crippen molar-refractivity contribution < 1.29 is 4.39 Å². The van der Waals surface area contributed by atoms with Gasteiger partial charge in [-0.1, -0.05) is 37.3 Å². The fourth-order valence-electron chi connectivity index (χ4n) is 2.82. The van der Waals surface area contributed by atoms with Gasteiger partial charge in [0.15, 0.2) is 0 Å². The van der Waals surface area contributed by atoms with E-state index in [-0.39, 0.29) is 12.2 Å². The molecule has 1 aromatic rings. The fourth-order valence-corrected chi connectivity index (χ4v) is 2.82. The maximum Gasteiger partial charge on any atom is 0.102 e. The monoisotopic (exact) mass is 264 g/mol. The van der Waals surface area contributed by atoms with E-state index in [1.807, 2.05) is 6.07 Å². The van der Waals surface area contributed by atoms with Crippen molar-refractivity contribution in [3.05, 3.63) is 35.9 Å². The van der Waals surface area contributed by atoms with Gasteiger partial charge in [-0.25, -0.2) is 4.39 Å². The summed E-state index contributed by atoms with van der Waals surface area (Å²) >= 11 is 0. The lowest BCUT2D eigenvalue weighted by Crippen LogP contribution is -2.63. The number of halogens is 1. The number of hydrogen-bond donors (Lipinski definition) is 1. The van der Waals surface area contributed by atoms with Gasteiger partial charge < -0.3 is 5.32 Å². The molecule has 0 bridgehead atoms. The highest BCUT2D eigenvalue weighted by atomic mass is 19.1. The Morgan fingerprint density at radius 3 is 2.74 bits per heavy atom. The normalized spacial score (nSPS) is 28.5. The number of piperazine rings is 1. The highest BCUT2D eigenvalue weighted by molar-refractivity contribution is 5.16. The Morgan fingerprint density at radius 1 is 1.37 bits per heavy atom. The fraction of sp³-hybridized carbons (Fsp3) is 0.625. The molecule has 0 radical (unpaired) electrons. The number of nitrogens with one attached hydrogen (secondary N) is 1. The molecule has 19 heavy (non-hydrogen) atoms. The van der Waals surface area contributed by atoms with Crippen LogP contribution in [0.4, 0.5) is 4.39 Å². The van der Waals surface area contributed by atoms with E-state index in [0.717, 1.165) is 25.9 Å². The Labute approximate surface area is 116 Å². The Hall–Kier alpha value is -0.930. The molecule has 1 N–H and O–H groups in total. The van der Waals surface area contributed by atoms with Crippen LogP contribution in [0.3, 0.4) is 0 Å². The van der Waals surface area contributed by atoms with Crippen LogP contribution in [-0.4, -0.2) is 42.8 Å². The Kier molecular flexibility index (Phi) is 4.94. The third-order valence-corrected chi connectivity index (χ3v) is 4.30. The summed E-state index contributed by atoms with van der Waals surface area (Å²) in [5.41, 5.74) is 1.46. The van der Waals surface area contributed by atoms with E-state index >= 15 is 0 Å². The topological polar surface area (TPSA) is 15.3 Å². The van der Waals surface area contributed by atoms with Crippen LogP contribution in [0.5, 0.6) is 0 Å². The standard InChI is InChI=1S/C16H25FN2/c1-3-16(2)13-19(10-9-17)15(12-18-16)11-14-7-5-4-6-8-14/h4-8,15,18H,3,9-13H2,1-2H3. The van der Waals surface area contributed by atoms with Crippen molar-refractivity contribution >= 4 is 0 Å². The number of alkyl halides is 1. The summed E-state index contributed by atoms with van der Waals surface area (Å²) < 4.78 is 12.8. The second-order valence-electron chi connectivity index (χ2n) is 5.80. The molecule has 0 aliphatic carbocycles. The maximum absolute atomic E-state index is 12.8. The minimum atomic E-state index is -0.259. The molecule has 1 aliphatic heterocycles. The molecule has 1 aliphatic rings. The molecule has 3 heteroatoms. The first-order valence-corrected chi connectivity index (χ1v) is 7.26. The largest absolute Gasteiger partial charge is 0.309 e. The molecule has 0 spiro atoms. The zero-order chi connectivity index (χ0) is 13.7. The first-order chi connectivity index (χ1) is 9.17. The van der Waals surface area contributed by atoms with Gasteiger partial charge in [0.1, 0.15) is 6.67 Å². The lowest BCUT2D eigenvalue weighted by molar-refractivity contribution is 0.0784. The summed E-state index contributed by atoms with van der Waals surface area (Å²) in [6, 6.07) is 10.9. The minimum Gasteiger partial charge on any atom is -0.309 e. The third-order valence-electron chi connectivity index (χ3n) is 4.30. The van der Waals surface area contributed by atoms with Gasteiger partial charge in [-0.15, -0.1) is 0 Å². The molecule has 2 atom stereocenters. The third kappa shape index (κ3) is 3.77. The van der Waals surface area contributed by atoms with Crippen LogP contribution in [-0.2, 0) is 6.42 Å². The van der Waals surface area contributed by atoms with E-state index in [2.05, 4.69) is 48.3 Å². The Balaban J connectivity index is 2.03. The van der Waals surface area contributed by atoms with E-state index < -0.39 is 0 Å². The van der Waals surface area contributed by atoms with Crippen LogP contribution in [0, 0.1) is 0 Å². The highest BCUT2D eigenvalue weighted by Crippen LogP contribution is 2.20. The highest BCUT2D eigenvalue weighted by Gasteiger charge is 2.34. The molecule has 1 aromatic carbocycles. The molecule has 2 nitrogen and oxygen atoms in total. The number of nitrogens with zero attached hydrogens (tertiary/aromatic N) is 1. The first-order valence-electron chi connectivity index (χ1n) is 7.26. The van der Waals surface area contributed by atoms with Crippen molar-refractivity contribution in [1.29, 1.82) is 0 Å². The van der Waals surface area contributed by atoms with Crippen molar-refractivity contribution in [2.45, 2.75) is 38.3 Å². The van der Waals surface area contributed by atoms with Crippen molar-refractivity contribution in [2.75, 3.05) is 26.3 Å². The van der Waals surface area contributed by atoms with Gasteiger partial charge in [-0.05, 0) is 25.3 Å². The van der Waals surface area contributed by atoms with E-state index in [4.69, 9.17) is 0 Å². The first kappa shape index (κ1) is 14.5. The summed E-state index contributed by atoms with van der Waals surface area (Å²) in [5, 5.41) is 3.64. The van der Waals surface area contributed by atoms with E-state index in [9.17, 15) is 4.39 Å². The van der Waals surface area contributed by atoms with Crippen molar-refractivity contribution in [2.24, 2.45) is 0 Å². The van der Waals surface area contributed by atoms with Gasteiger partial charge in [0.2, 0.25) is 0 Å². The molecule has 0 amide bonds. The average Bonchev–Trinajstić information content (AvgIpc) is 2.44. The molecule has 1 heterocycles. The van der Waals surface area contributed by atoms with Crippen LogP contribution in [0.1, 0.15) is 25.8 Å². The molecule has 2 rings (SSSR count). The molecule has 106 valence electrons. The zero-order valence-corrected chi connectivity index (χ0v) is 12.0. The van der Waals surface area contributed by atoms with Gasteiger partial charge in [0.25, 0.3) is 0 Å². The summed E-state index contributed by atoms with van der Waals surface area (Å²) in [4.78, 5) is 2.31. The second kappa shape index (κ2) is 6.49. The van der Waals surface area contributed by atoms with Gasteiger partial charge in [-0.2, -0.15) is 0 Å². The maximum atomic E-state index is 12.8. The quantitative estimate of drug-likeness (QED) is 0.879. The Bertz CT molecular complexity index is 382. The summed E-state index contributed by atoms with van der Waals surface area (Å²) in [6.45, 7) is 6.60. The van der Waals surface area contributed by atoms with Crippen molar-refractivity contribution in [3.8, 4) is 0 Å². The van der Waals surface area contributed by atoms with Crippen LogP contribution < -0.4 is 5.32 Å². The van der Waals surface area contributed by atoms with Crippen LogP contribution >= 0.6 is 0 Å². The molecular formula is C16H25FN2. The van der Waals surface area contributed by atoms with E-state index in [0.29, 0.717) is 12.6 Å². The number of rotatable bonds is 5. The van der Waals surface area contributed by atoms with Crippen LogP contribution in [0.15, 0.2) is 30.3 Å². The zero-order valence-electron chi connectivity index (χ0n) is 12.0.